The van der Waals surface area contributed by atoms with Crippen LogP contribution in [-0.4, -0.2) is 24.7 Å². The van der Waals surface area contributed by atoms with E-state index in [1.165, 1.54) is 18.0 Å². The summed E-state index contributed by atoms with van der Waals surface area (Å²) in [4.78, 5) is 7.00. The van der Waals surface area contributed by atoms with Gasteiger partial charge in [0.1, 0.15) is 10.9 Å². The number of rotatable bonds is 2. The van der Waals surface area contributed by atoms with Gasteiger partial charge in [-0.3, -0.25) is 0 Å². The molecule has 15 heavy (non-hydrogen) atoms. The first kappa shape index (κ1) is 10.0. The Labute approximate surface area is 89.8 Å². The van der Waals surface area contributed by atoms with Crippen molar-refractivity contribution in [2.45, 2.75) is 17.1 Å². The zero-order valence-corrected chi connectivity index (χ0v) is 8.99. The summed E-state index contributed by atoms with van der Waals surface area (Å²) in [7, 11) is 1.84. The summed E-state index contributed by atoms with van der Waals surface area (Å²) < 4.78 is 14.5. The van der Waals surface area contributed by atoms with Crippen LogP contribution in [0.25, 0.3) is 0 Å². The molecule has 0 atom stereocenters. The van der Waals surface area contributed by atoms with Crippen LogP contribution in [-0.2, 0) is 7.05 Å². The van der Waals surface area contributed by atoms with Gasteiger partial charge in [-0.25, -0.2) is 4.98 Å². The van der Waals surface area contributed by atoms with E-state index in [0.717, 1.165) is 5.82 Å². The molecule has 0 bridgehead atoms. The van der Waals surface area contributed by atoms with Gasteiger partial charge in [-0.1, -0.05) is 0 Å². The molecule has 0 fully saturated rings. The van der Waals surface area contributed by atoms with E-state index in [4.69, 9.17) is 0 Å². The minimum atomic E-state index is -0.737. The van der Waals surface area contributed by atoms with Crippen molar-refractivity contribution in [3.8, 4) is 0 Å². The van der Waals surface area contributed by atoms with Crippen LogP contribution in [0.2, 0.25) is 0 Å². The Morgan fingerprint density at radius 1 is 1.40 bits per heavy atom. The maximum atomic E-state index is 12.7. The quantitative estimate of drug-likeness (QED) is 0.568. The second kappa shape index (κ2) is 3.93. The van der Waals surface area contributed by atoms with Crippen LogP contribution in [0.3, 0.4) is 0 Å². The Balaban J connectivity index is 2.26. The third-order valence-corrected chi connectivity index (χ3v) is 2.82. The molecular weight excluding hydrogens is 217 g/mol. The van der Waals surface area contributed by atoms with Crippen LogP contribution >= 0.6 is 11.8 Å². The minimum absolute atomic E-state index is 0.512. The predicted octanol–water partition coefficient (Wildman–Crippen LogP) is 1.20. The number of nitrogens with zero attached hydrogens (tertiary/aromatic N) is 5. The molecule has 78 valence electrons. The Bertz CT molecular complexity index is 484. The average molecular weight is 225 g/mol. The molecule has 0 radical (unpaired) electrons. The summed E-state index contributed by atoms with van der Waals surface area (Å²) in [5.74, 6) is 0.798. The molecule has 0 spiro atoms. The van der Waals surface area contributed by atoms with Gasteiger partial charge in [0.25, 0.3) is 0 Å². The first-order chi connectivity index (χ1) is 7.16. The normalized spacial score (nSPS) is 10.6. The molecule has 7 heteroatoms. The molecular formula is C8H8FN5S. The number of aryl methyl sites for hydroxylation is 1. The summed E-state index contributed by atoms with van der Waals surface area (Å²) >= 11 is 1.25. The van der Waals surface area contributed by atoms with E-state index in [1.807, 2.05) is 18.5 Å². The molecule has 0 N–H and O–H groups in total. The topological polar surface area (TPSA) is 56.5 Å². The SMILES string of the molecule is Cc1nnc(Sc2ccnc(F)n2)n1C. The molecule has 0 aliphatic rings. The highest BCUT2D eigenvalue weighted by Crippen LogP contribution is 2.23. The van der Waals surface area contributed by atoms with E-state index in [1.54, 1.807) is 6.07 Å². The smallest absolute Gasteiger partial charge is 0.309 e. The Hall–Kier alpha value is -1.50. The lowest BCUT2D eigenvalue weighted by molar-refractivity contribution is 0.527. The fourth-order valence-corrected chi connectivity index (χ4v) is 1.73. The van der Waals surface area contributed by atoms with Gasteiger partial charge in [0.15, 0.2) is 5.16 Å². The molecule has 0 aromatic carbocycles. The molecule has 2 aromatic rings. The lowest BCUT2D eigenvalue weighted by Gasteiger charge is -1.99. The van der Waals surface area contributed by atoms with Crippen molar-refractivity contribution in [3.05, 3.63) is 24.2 Å². The second-order valence-electron chi connectivity index (χ2n) is 2.85. The van der Waals surface area contributed by atoms with Gasteiger partial charge >= 0.3 is 6.08 Å². The zero-order chi connectivity index (χ0) is 10.8. The molecule has 5 nitrogen and oxygen atoms in total. The van der Waals surface area contributed by atoms with Crippen LogP contribution in [0.1, 0.15) is 5.82 Å². The number of halogens is 1. The van der Waals surface area contributed by atoms with Gasteiger partial charge in [0, 0.05) is 13.2 Å². The lowest BCUT2D eigenvalue weighted by Crippen LogP contribution is -1.95. The lowest BCUT2D eigenvalue weighted by atomic mass is 10.7. The van der Waals surface area contributed by atoms with Gasteiger partial charge in [-0.05, 0) is 24.8 Å². The maximum Gasteiger partial charge on any atom is 0.309 e. The predicted molar refractivity (Wildman–Crippen MR) is 51.9 cm³/mol. The Kier molecular flexibility index (Phi) is 2.63. The van der Waals surface area contributed by atoms with Crippen LogP contribution < -0.4 is 0 Å². The summed E-state index contributed by atoms with van der Waals surface area (Å²) in [6.07, 6.45) is 0.632. The zero-order valence-electron chi connectivity index (χ0n) is 8.18. The number of hydrogen-bond donors (Lipinski definition) is 0. The highest BCUT2D eigenvalue weighted by atomic mass is 32.2. The van der Waals surface area contributed by atoms with Crippen molar-refractivity contribution in [2.75, 3.05) is 0 Å². The highest BCUT2D eigenvalue weighted by Gasteiger charge is 2.08. The van der Waals surface area contributed by atoms with Crippen molar-refractivity contribution in [3.63, 3.8) is 0 Å². The van der Waals surface area contributed by atoms with Gasteiger partial charge < -0.3 is 4.57 Å². The molecule has 0 saturated heterocycles. The van der Waals surface area contributed by atoms with Gasteiger partial charge in [0.2, 0.25) is 0 Å². The Morgan fingerprint density at radius 3 is 2.80 bits per heavy atom. The van der Waals surface area contributed by atoms with Crippen molar-refractivity contribution >= 4 is 11.8 Å². The van der Waals surface area contributed by atoms with E-state index in [-0.39, 0.29) is 0 Å². The standard InChI is InChI=1S/C8H8FN5S/c1-5-12-13-8(14(5)2)15-6-3-4-10-7(9)11-6/h3-4H,1-2H3. The molecule has 0 unspecified atom stereocenters. The van der Waals surface area contributed by atoms with E-state index < -0.39 is 6.08 Å². The molecule has 2 aromatic heterocycles. The molecule has 2 heterocycles. The van der Waals surface area contributed by atoms with E-state index >= 15 is 0 Å². The number of hydrogen-bond acceptors (Lipinski definition) is 5. The Morgan fingerprint density at radius 2 is 2.20 bits per heavy atom. The largest absolute Gasteiger partial charge is 0.309 e. The highest BCUT2D eigenvalue weighted by molar-refractivity contribution is 7.99. The third kappa shape index (κ3) is 2.12. The van der Waals surface area contributed by atoms with Crippen molar-refractivity contribution < 1.29 is 4.39 Å². The van der Waals surface area contributed by atoms with Crippen molar-refractivity contribution in [1.29, 1.82) is 0 Å². The fraction of sp³-hybridized carbons (Fsp3) is 0.250. The van der Waals surface area contributed by atoms with Crippen LogP contribution in [0.15, 0.2) is 22.4 Å². The van der Waals surface area contributed by atoms with E-state index in [0.29, 0.717) is 10.2 Å². The summed E-state index contributed by atoms with van der Waals surface area (Å²) in [6, 6.07) is 1.62. The maximum absolute atomic E-state index is 12.7. The molecule has 0 saturated carbocycles. The van der Waals surface area contributed by atoms with Gasteiger partial charge in [0.05, 0.1) is 0 Å². The monoisotopic (exact) mass is 225 g/mol. The second-order valence-corrected chi connectivity index (χ2v) is 3.84. The number of aromatic nitrogens is 5. The molecule has 0 aliphatic heterocycles. The van der Waals surface area contributed by atoms with E-state index in [9.17, 15) is 4.39 Å². The van der Waals surface area contributed by atoms with Gasteiger partial charge in [-0.2, -0.15) is 9.37 Å². The van der Waals surface area contributed by atoms with Crippen molar-refractivity contribution in [2.24, 2.45) is 7.05 Å². The van der Waals surface area contributed by atoms with Gasteiger partial charge in [-0.15, -0.1) is 10.2 Å². The van der Waals surface area contributed by atoms with Crippen LogP contribution in [0.4, 0.5) is 4.39 Å². The summed E-state index contributed by atoms with van der Waals surface area (Å²) in [6.45, 7) is 1.84. The average Bonchev–Trinajstić information content (AvgIpc) is 2.50. The summed E-state index contributed by atoms with van der Waals surface area (Å²) in [5.41, 5.74) is 0. The first-order valence-electron chi connectivity index (χ1n) is 4.19. The van der Waals surface area contributed by atoms with Crippen molar-refractivity contribution in [1.82, 2.24) is 24.7 Å². The fourth-order valence-electron chi connectivity index (χ4n) is 0.947. The molecule has 0 amide bonds. The summed E-state index contributed by atoms with van der Waals surface area (Å²) in [5, 5.41) is 9.01. The van der Waals surface area contributed by atoms with E-state index in [2.05, 4.69) is 20.2 Å². The van der Waals surface area contributed by atoms with Crippen LogP contribution in [0, 0.1) is 13.0 Å². The molecule has 2 rings (SSSR count). The minimum Gasteiger partial charge on any atom is -0.309 e. The third-order valence-electron chi connectivity index (χ3n) is 1.85. The first-order valence-corrected chi connectivity index (χ1v) is 5.01. The molecule has 0 aliphatic carbocycles. The van der Waals surface area contributed by atoms with Crippen LogP contribution in [0.5, 0.6) is 0 Å².